The molecule has 6 heteroatoms. The van der Waals surface area contributed by atoms with Crippen LogP contribution in [0.3, 0.4) is 0 Å². The molecule has 0 saturated carbocycles. The van der Waals surface area contributed by atoms with Gasteiger partial charge in [0.05, 0.1) is 17.3 Å². The van der Waals surface area contributed by atoms with Gasteiger partial charge in [-0.1, -0.05) is 24.3 Å². The van der Waals surface area contributed by atoms with E-state index in [1.54, 1.807) is 11.3 Å². The SMILES string of the molecule is C[C@@H](c1nc2ccccc2s1)[NH+](C)CC(=O)NCc1ccc(N(C)C)cc1. The van der Waals surface area contributed by atoms with E-state index in [1.165, 1.54) is 4.70 Å². The number of para-hydroxylation sites is 1. The quantitative estimate of drug-likeness (QED) is 0.658. The standard InChI is InChI=1S/C21H26N4OS/c1-15(21-23-18-7-5-6-8-19(18)27-21)25(4)14-20(26)22-13-16-9-11-17(12-10-16)24(2)3/h5-12,15H,13-14H2,1-4H3,(H,22,26)/p+1/t15-/m0/s1. The van der Waals surface area contributed by atoms with Gasteiger partial charge in [0.1, 0.15) is 6.04 Å². The van der Waals surface area contributed by atoms with Crippen molar-refractivity contribution in [3.05, 3.63) is 59.1 Å². The number of fused-ring (bicyclic) bond motifs is 1. The predicted molar refractivity (Wildman–Crippen MR) is 112 cm³/mol. The lowest BCUT2D eigenvalue weighted by Crippen LogP contribution is -3.10. The largest absolute Gasteiger partial charge is 0.378 e. The maximum Gasteiger partial charge on any atom is 0.275 e. The van der Waals surface area contributed by atoms with Crippen LogP contribution in [0.15, 0.2) is 48.5 Å². The Morgan fingerprint density at radius 3 is 2.56 bits per heavy atom. The predicted octanol–water partition coefficient (Wildman–Crippen LogP) is 2.25. The van der Waals surface area contributed by atoms with E-state index in [1.807, 2.05) is 39.3 Å². The number of carbonyl (C=O) groups is 1. The van der Waals surface area contributed by atoms with Crippen LogP contribution in [0.1, 0.15) is 23.5 Å². The summed E-state index contributed by atoms with van der Waals surface area (Å²) in [5, 5.41) is 4.09. The molecule has 5 nitrogen and oxygen atoms in total. The Labute approximate surface area is 164 Å². The first-order valence-corrected chi connectivity index (χ1v) is 9.96. The third-order valence-corrected chi connectivity index (χ3v) is 6.02. The molecule has 0 fully saturated rings. The molecular weight excluding hydrogens is 356 g/mol. The summed E-state index contributed by atoms with van der Waals surface area (Å²) in [4.78, 5) is 20.3. The molecule has 0 bridgehead atoms. The number of aromatic nitrogens is 1. The van der Waals surface area contributed by atoms with Crippen molar-refractivity contribution in [2.45, 2.75) is 19.5 Å². The van der Waals surface area contributed by atoms with E-state index in [2.05, 4.69) is 47.5 Å². The van der Waals surface area contributed by atoms with Crippen molar-refractivity contribution in [2.24, 2.45) is 0 Å². The maximum atomic E-state index is 12.4. The molecule has 1 aromatic heterocycles. The van der Waals surface area contributed by atoms with E-state index < -0.39 is 0 Å². The molecule has 2 N–H and O–H groups in total. The molecular formula is C21H27N4OS+. The number of rotatable bonds is 7. The van der Waals surface area contributed by atoms with Crippen LogP contribution in [-0.4, -0.2) is 38.6 Å². The second kappa shape index (κ2) is 8.50. The minimum atomic E-state index is 0.0529. The van der Waals surface area contributed by atoms with Crippen molar-refractivity contribution in [3.63, 3.8) is 0 Å². The fourth-order valence-electron chi connectivity index (χ4n) is 2.87. The number of anilines is 1. The Hall–Kier alpha value is -2.44. The summed E-state index contributed by atoms with van der Waals surface area (Å²) in [5.41, 5.74) is 3.28. The van der Waals surface area contributed by atoms with Gasteiger partial charge in [0, 0.05) is 26.3 Å². The highest BCUT2D eigenvalue weighted by Gasteiger charge is 2.21. The van der Waals surface area contributed by atoms with Crippen LogP contribution in [0.5, 0.6) is 0 Å². The third kappa shape index (κ3) is 4.84. The van der Waals surface area contributed by atoms with Crippen LogP contribution in [0.4, 0.5) is 5.69 Å². The highest BCUT2D eigenvalue weighted by Crippen LogP contribution is 2.24. The fraction of sp³-hybridized carbons (Fsp3) is 0.333. The van der Waals surface area contributed by atoms with E-state index in [0.29, 0.717) is 13.1 Å². The van der Waals surface area contributed by atoms with Crippen LogP contribution < -0.4 is 15.1 Å². The van der Waals surface area contributed by atoms with Crippen molar-refractivity contribution >= 4 is 33.1 Å². The van der Waals surface area contributed by atoms with Crippen LogP contribution in [-0.2, 0) is 11.3 Å². The van der Waals surface area contributed by atoms with Crippen LogP contribution in [0.2, 0.25) is 0 Å². The third-order valence-electron chi connectivity index (χ3n) is 4.80. The molecule has 1 amide bonds. The van der Waals surface area contributed by atoms with E-state index >= 15 is 0 Å². The zero-order valence-corrected chi connectivity index (χ0v) is 17.1. The topological polar surface area (TPSA) is 49.7 Å². The molecule has 0 aliphatic heterocycles. The van der Waals surface area contributed by atoms with Crippen molar-refractivity contribution < 1.29 is 9.69 Å². The molecule has 1 heterocycles. The van der Waals surface area contributed by atoms with Gasteiger partial charge >= 0.3 is 0 Å². The number of hydrogen-bond donors (Lipinski definition) is 2. The van der Waals surface area contributed by atoms with E-state index in [0.717, 1.165) is 26.7 Å². The molecule has 3 aromatic rings. The average Bonchev–Trinajstić information content (AvgIpc) is 3.10. The highest BCUT2D eigenvalue weighted by molar-refractivity contribution is 7.18. The molecule has 2 atom stereocenters. The molecule has 142 valence electrons. The van der Waals surface area contributed by atoms with E-state index in [4.69, 9.17) is 4.98 Å². The second-order valence-corrected chi connectivity index (χ2v) is 8.16. The van der Waals surface area contributed by atoms with Crippen molar-refractivity contribution in [1.82, 2.24) is 10.3 Å². The molecule has 0 radical (unpaired) electrons. The normalized spacial score (nSPS) is 13.3. The zero-order valence-electron chi connectivity index (χ0n) is 16.3. The monoisotopic (exact) mass is 383 g/mol. The van der Waals surface area contributed by atoms with Crippen molar-refractivity contribution in [3.8, 4) is 0 Å². The Morgan fingerprint density at radius 2 is 1.89 bits per heavy atom. The van der Waals surface area contributed by atoms with Gasteiger partial charge in [-0.15, -0.1) is 11.3 Å². The first kappa shape index (κ1) is 19.3. The number of quaternary nitrogens is 1. The molecule has 27 heavy (non-hydrogen) atoms. The number of nitrogens with zero attached hydrogens (tertiary/aromatic N) is 2. The van der Waals surface area contributed by atoms with Gasteiger partial charge < -0.3 is 15.1 Å². The van der Waals surface area contributed by atoms with Gasteiger partial charge in [-0.2, -0.15) is 0 Å². The smallest absolute Gasteiger partial charge is 0.275 e. The molecule has 2 aromatic carbocycles. The Balaban J connectivity index is 1.53. The maximum absolute atomic E-state index is 12.4. The lowest BCUT2D eigenvalue weighted by atomic mass is 10.2. The molecule has 0 spiro atoms. The molecule has 0 aliphatic rings. The summed E-state index contributed by atoms with van der Waals surface area (Å²) < 4.78 is 1.19. The van der Waals surface area contributed by atoms with Crippen LogP contribution >= 0.6 is 11.3 Å². The first-order chi connectivity index (χ1) is 12.9. The number of likely N-dealkylation sites (N-methyl/N-ethyl adjacent to an activating group) is 1. The number of benzene rings is 2. The highest BCUT2D eigenvalue weighted by atomic mass is 32.1. The van der Waals surface area contributed by atoms with Crippen LogP contribution in [0, 0.1) is 0 Å². The van der Waals surface area contributed by atoms with Crippen LogP contribution in [0.25, 0.3) is 10.2 Å². The molecule has 0 saturated heterocycles. The van der Waals surface area contributed by atoms with Crippen molar-refractivity contribution in [1.29, 1.82) is 0 Å². The molecule has 0 aliphatic carbocycles. The number of nitrogens with one attached hydrogen (secondary N) is 2. The van der Waals surface area contributed by atoms with Gasteiger partial charge in [0.15, 0.2) is 11.6 Å². The van der Waals surface area contributed by atoms with Gasteiger partial charge in [-0.05, 0) is 36.8 Å². The van der Waals surface area contributed by atoms with Gasteiger partial charge in [0.2, 0.25) is 0 Å². The summed E-state index contributed by atoms with van der Waals surface area (Å²) >= 11 is 1.71. The lowest BCUT2D eigenvalue weighted by Gasteiger charge is -2.19. The number of amides is 1. The zero-order chi connectivity index (χ0) is 19.4. The first-order valence-electron chi connectivity index (χ1n) is 9.15. The summed E-state index contributed by atoms with van der Waals surface area (Å²) in [6.45, 7) is 3.10. The van der Waals surface area contributed by atoms with Gasteiger partial charge in [-0.25, -0.2) is 4.98 Å². The number of hydrogen-bond acceptors (Lipinski definition) is 4. The van der Waals surface area contributed by atoms with Gasteiger partial charge in [-0.3, -0.25) is 4.79 Å². The van der Waals surface area contributed by atoms with E-state index in [9.17, 15) is 4.79 Å². The second-order valence-electron chi connectivity index (χ2n) is 7.10. The minimum Gasteiger partial charge on any atom is -0.378 e. The summed E-state index contributed by atoms with van der Waals surface area (Å²) in [5.74, 6) is 0.0529. The number of thiazole rings is 1. The summed E-state index contributed by atoms with van der Waals surface area (Å²) in [6.07, 6.45) is 0. The lowest BCUT2D eigenvalue weighted by molar-refractivity contribution is -0.902. The Morgan fingerprint density at radius 1 is 1.19 bits per heavy atom. The van der Waals surface area contributed by atoms with Gasteiger partial charge in [0.25, 0.3) is 5.91 Å². The molecule has 3 rings (SSSR count). The summed E-state index contributed by atoms with van der Waals surface area (Å²) in [6, 6.07) is 16.6. The minimum absolute atomic E-state index is 0.0529. The average molecular weight is 384 g/mol. The molecule has 1 unspecified atom stereocenters. The summed E-state index contributed by atoms with van der Waals surface area (Å²) in [7, 11) is 6.08. The Bertz CT molecular complexity index is 871. The Kier molecular flexibility index (Phi) is 6.08. The fourth-order valence-corrected chi connectivity index (χ4v) is 3.98. The number of carbonyl (C=O) groups excluding carboxylic acids is 1. The van der Waals surface area contributed by atoms with E-state index in [-0.39, 0.29) is 11.9 Å². The van der Waals surface area contributed by atoms with Crippen molar-refractivity contribution in [2.75, 3.05) is 32.6 Å².